The lowest BCUT2D eigenvalue weighted by Crippen LogP contribution is -2.51. The summed E-state index contributed by atoms with van der Waals surface area (Å²) in [5.74, 6) is -0.931. The van der Waals surface area contributed by atoms with E-state index < -0.39 is 17.9 Å². The van der Waals surface area contributed by atoms with Gasteiger partial charge in [-0.15, -0.1) is 0 Å². The smallest absolute Gasteiger partial charge is 0.414 e. The molecule has 1 aliphatic carbocycles. The van der Waals surface area contributed by atoms with Crippen LogP contribution in [0.5, 0.6) is 0 Å². The maximum Gasteiger partial charge on any atom is 0.414 e. The van der Waals surface area contributed by atoms with E-state index in [4.69, 9.17) is 15.9 Å². The summed E-state index contributed by atoms with van der Waals surface area (Å²) in [5, 5.41) is 18.6. The van der Waals surface area contributed by atoms with Crippen molar-refractivity contribution in [3.63, 3.8) is 0 Å². The Labute approximate surface area is 174 Å². The molecule has 2 fully saturated rings. The fraction of sp³-hybridized carbons (Fsp3) is 0.550. The Hall–Kier alpha value is -2.88. The number of hydrogen-bond acceptors (Lipinski definition) is 6. The van der Waals surface area contributed by atoms with Crippen LogP contribution in [-0.2, 0) is 16.1 Å². The van der Waals surface area contributed by atoms with E-state index in [0.29, 0.717) is 57.5 Å². The summed E-state index contributed by atoms with van der Waals surface area (Å²) in [6.07, 6.45) is 1.55. The SMILES string of the molecule is N=C(N)NC(=O)OCc1cccc(N2CCN(C(=O)[C@H]3CC[C@H](O)CC3)CC2)c1F. The Bertz CT molecular complexity index is 789. The molecule has 164 valence electrons. The Morgan fingerprint density at radius 2 is 1.87 bits per heavy atom. The first-order valence-electron chi connectivity index (χ1n) is 10.1. The summed E-state index contributed by atoms with van der Waals surface area (Å²) >= 11 is 0. The van der Waals surface area contributed by atoms with Gasteiger partial charge < -0.3 is 25.4 Å². The van der Waals surface area contributed by atoms with Gasteiger partial charge in [-0.1, -0.05) is 12.1 Å². The highest BCUT2D eigenvalue weighted by atomic mass is 19.1. The van der Waals surface area contributed by atoms with E-state index in [9.17, 15) is 19.1 Å². The normalized spacial score (nSPS) is 21.8. The average Bonchev–Trinajstić information content (AvgIpc) is 2.73. The Kier molecular flexibility index (Phi) is 7.09. The second-order valence-electron chi connectivity index (χ2n) is 7.68. The monoisotopic (exact) mass is 421 g/mol. The molecule has 2 amide bonds. The quantitative estimate of drug-likeness (QED) is 0.426. The highest BCUT2D eigenvalue weighted by molar-refractivity contribution is 5.90. The van der Waals surface area contributed by atoms with Crippen LogP contribution in [0, 0.1) is 17.1 Å². The number of carbonyl (C=O) groups excluding carboxylic acids is 2. The van der Waals surface area contributed by atoms with E-state index >= 15 is 0 Å². The standard InChI is InChI=1S/C20H28FN5O4/c21-17-14(12-30-20(29)24-19(22)23)2-1-3-16(17)25-8-10-26(11-9-25)18(28)13-4-6-15(27)7-5-13/h1-3,13,15,27H,4-12H2,(H4,22,23,24,29)/t13-,15-. The molecule has 5 N–H and O–H groups in total. The van der Waals surface area contributed by atoms with Gasteiger partial charge in [0.1, 0.15) is 6.61 Å². The van der Waals surface area contributed by atoms with Crippen molar-refractivity contribution in [2.75, 3.05) is 31.1 Å². The molecule has 1 saturated carbocycles. The van der Waals surface area contributed by atoms with Gasteiger partial charge in [0.15, 0.2) is 11.8 Å². The zero-order valence-electron chi connectivity index (χ0n) is 16.8. The number of nitrogens with one attached hydrogen (secondary N) is 2. The lowest BCUT2D eigenvalue weighted by atomic mass is 9.86. The number of nitrogens with zero attached hydrogens (tertiary/aromatic N) is 2. The average molecular weight is 421 g/mol. The molecule has 10 heteroatoms. The first kappa shape index (κ1) is 21.8. The Morgan fingerprint density at radius 1 is 1.20 bits per heavy atom. The van der Waals surface area contributed by atoms with Gasteiger partial charge in [0.25, 0.3) is 0 Å². The molecule has 0 unspecified atom stereocenters. The van der Waals surface area contributed by atoms with E-state index in [2.05, 4.69) is 0 Å². The van der Waals surface area contributed by atoms with Crippen molar-refractivity contribution >= 4 is 23.6 Å². The minimum absolute atomic E-state index is 0.0293. The molecule has 0 radical (unpaired) electrons. The molecule has 9 nitrogen and oxygen atoms in total. The van der Waals surface area contributed by atoms with Gasteiger partial charge in [0.2, 0.25) is 5.91 Å². The predicted octanol–water partition coefficient (Wildman–Crippen LogP) is 1.15. The Balaban J connectivity index is 1.55. The first-order valence-corrected chi connectivity index (χ1v) is 10.1. The molecule has 3 rings (SSSR count). The van der Waals surface area contributed by atoms with Crippen molar-refractivity contribution in [2.45, 2.75) is 38.4 Å². The highest BCUT2D eigenvalue weighted by Gasteiger charge is 2.31. The number of anilines is 1. The van der Waals surface area contributed by atoms with Crippen LogP contribution < -0.4 is 16.0 Å². The number of halogens is 1. The number of alkyl carbamates (subject to hydrolysis) is 1. The third-order valence-electron chi connectivity index (χ3n) is 5.63. The molecular weight excluding hydrogens is 393 g/mol. The second-order valence-corrected chi connectivity index (χ2v) is 7.68. The van der Waals surface area contributed by atoms with Crippen molar-refractivity contribution in [3.05, 3.63) is 29.6 Å². The zero-order valence-corrected chi connectivity index (χ0v) is 16.8. The summed E-state index contributed by atoms with van der Waals surface area (Å²) in [6, 6.07) is 4.87. The van der Waals surface area contributed by atoms with E-state index in [1.54, 1.807) is 12.1 Å². The van der Waals surface area contributed by atoms with Crippen LogP contribution in [0.15, 0.2) is 18.2 Å². The van der Waals surface area contributed by atoms with Crippen LogP contribution in [-0.4, -0.2) is 60.2 Å². The predicted molar refractivity (Wildman–Crippen MR) is 108 cm³/mol. The number of aliphatic hydroxyl groups is 1. The fourth-order valence-electron chi connectivity index (χ4n) is 3.96. The van der Waals surface area contributed by atoms with Crippen molar-refractivity contribution < 1.29 is 23.8 Å². The number of amides is 2. The van der Waals surface area contributed by atoms with E-state index in [1.807, 2.05) is 15.1 Å². The first-order chi connectivity index (χ1) is 14.3. The van der Waals surface area contributed by atoms with E-state index in [0.717, 1.165) is 0 Å². The minimum Gasteiger partial charge on any atom is -0.444 e. The van der Waals surface area contributed by atoms with Crippen LogP contribution in [0.2, 0.25) is 0 Å². The highest BCUT2D eigenvalue weighted by Crippen LogP contribution is 2.28. The number of aliphatic hydroxyl groups excluding tert-OH is 1. The van der Waals surface area contributed by atoms with Gasteiger partial charge in [-0.2, -0.15) is 0 Å². The molecule has 0 atom stereocenters. The molecule has 0 aromatic heterocycles. The molecule has 2 aliphatic rings. The van der Waals surface area contributed by atoms with Gasteiger partial charge in [-0.05, 0) is 31.7 Å². The summed E-state index contributed by atoms with van der Waals surface area (Å²) in [4.78, 5) is 27.9. The largest absolute Gasteiger partial charge is 0.444 e. The van der Waals surface area contributed by atoms with Gasteiger partial charge in [-0.3, -0.25) is 15.5 Å². The van der Waals surface area contributed by atoms with Gasteiger partial charge in [-0.25, -0.2) is 9.18 Å². The number of rotatable bonds is 4. The fourth-order valence-corrected chi connectivity index (χ4v) is 3.96. The third kappa shape index (κ3) is 5.38. The van der Waals surface area contributed by atoms with Crippen molar-refractivity contribution in [1.82, 2.24) is 10.2 Å². The number of hydrogen-bond donors (Lipinski definition) is 4. The lowest BCUT2D eigenvalue weighted by molar-refractivity contribution is -0.137. The number of piperazine rings is 1. The maximum absolute atomic E-state index is 14.9. The summed E-state index contributed by atoms with van der Waals surface area (Å²) in [5.41, 5.74) is 5.66. The summed E-state index contributed by atoms with van der Waals surface area (Å²) < 4.78 is 19.8. The van der Waals surface area contributed by atoms with Crippen LogP contribution in [0.1, 0.15) is 31.2 Å². The van der Waals surface area contributed by atoms with E-state index in [-0.39, 0.29) is 30.1 Å². The van der Waals surface area contributed by atoms with Crippen molar-refractivity contribution in [1.29, 1.82) is 5.41 Å². The van der Waals surface area contributed by atoms with Crippen LogP contribution in [0.4, 0.5) is 14.9 Å². The zero-order chi connectivity index (χ0) is 21.7. The molecule has 1 heterocycles. The molecule has 0 spiro atoms. The minimum atomic E-state index is -0.922. The van der Waals surface area contributed by atoms with Crippen molar-refractivity contribution in [2.24, 2.45) is 11.7 Å². The van der Waals surface area contributed by atoms with E-state index in [1.165, 1.54) is 6.07 Å². The number of benzene rings is 1. The molecule has 0 bridgehead atoms. The molecule has 1 saturated heterocycles. The molecule has 1 aromatic rings. The summed E-state index contributed by atoms with van der Waals surface area (Å²) in [7, 11) is 0. The second kappa shape index (κ2) is 9.75. The molecule has 30 heavy (non-hydrogen) atoms. The maximum atomic E-state index is 14.9. The number of guanidine groups is 1. The molecular formula is C20H28FN5O4. The van der Waals surface area contributed by atoms with Crippen LogP contribution in [0.25, 0.3) is 0 Å². The lowest BCUT2D eigenvalue weighted by Gasteiger charge is -2.38. The van der Waals surface area contributed by atoms with Crippen molar-refractivity contribution in [3.8, 4) is 0 Å². The van der Waals surface area contributed by atoms with Gasteiger partial charge in [0.05, 0.1) is 11.8 Å². The number of carbonyl (C=O) groups is 2. The van der Waals surface area contributed by atoms with Gasteiger partial charge >= 0.3 is 6.09 Å². The number of ether oxygens (including phenoxy) is 1. The summed E-state index contributed by atoms with van der Waals surface area (Å²) in [6.45, 7) is 1.75. The topological polar surface area (TPSA) is 132 Å². The Morgan fingerprint density at radius 3 is 2.50 bits per heavy atom. The molecule has 1 aliphatic heterocycles. The van der Waals surface area contributed by atoms with Crippen LogP contribution in [0.3, 0.4) is 0 Å². The number of nitrogens with two attached hydrogens (primary N) is 1. The van der Waals surface area contributed by atoms with Gasteiger partial charge in [0, 0.05) is 37.7 Å². The molecule has 1 aromatic carbocycles. The third-order valence-corrected chi connectivity index (χ3v) is 5.63. The van der Waals surface area contributed by atoms with Crippen LogP contribution >= 0.6 is 0 Å².